The second kappa shape index (κ2) is 7.04. The first-order valence-electron chi connectivity index (χ1n) is 6.00. The minimum atomic E-state index is -0.786. The van der Waals surface area contributed by atoms with Crippen LogP contribution in [0.4, 0.5) is 10.5 Å². The molecule has 0 saturated carbocycles. The zero-order valence-corrected chi connectivity index (χ0v) is 11.7. The largest absolute Gasteiger partial charge is 0.451 e. The fourth-order valence-corrected chi connectivity index (χ4v) is 2.28. The number of benzene rings is 1. The number of ether oxygens (including phenoxy) is 1. The third-order valence-electron chi connectivity index (χ3n) is 2.56. The Bertz CT molecular complexity index is 529. The van der Waals surface area contributed by atoms with Gasteiger partial charge in [0, 0.05) is 4.88 Å². The summed E-state index contributed by atoms with van der Waals surface area (Å²) in [6.07, 6.45) is -1.43. The lowest BCUT2D eigenvalue weighted by Gasteiger charge is -2.21. The van der Waals surface area contributed by atoms with E-state index in [1.54, 1.807) is 24.3 Å². The van der Waals surface area contributed by atoms with E-state index in [4.69, 9.17) is 4.84 Å². The van der Waals surface area contributed by atoms with E-state index in [0.29, 0.717) is 5.69 Å². The van der Waals surface area contributed by atoms with Crippen LogP contribution in [0, 0.1) is 0 Å². The van der Waals surface area contributed by atoms with Gasteiger partial charge in [0.15, 0.2) is 0 Å². The monoisotopic (exact) mass is 293 g/mol. The molecule has 20 heavy (non-hydrogen) atoms. The Hall–Kier alpha value is -1.89. The summed E-state index contributed by atoms with van der Waals surface area (Å²) >= 11 is 1.43. The molecular formula is C14H15NO4S. The van der Waals surface area contributed by atoms with Crippen LogP contribution in [0.3, 0.4) is 0 Å². The van der Waals surface area contributed by atoms with Crippen LogP contribution in [-0.2, 0) is 9.57 Å². The number of aliphatic hydroxyl groups excluding tert-OH is 1. The van der Waals surface area contributed by atoms with Gasteiger partial charge in [0.25, 0.3) is 0 Å². The van der Waals surface area contributed by atoms with E-state index in [-0.39, 0.29) is 6.61 Å². The molecule has 2 rings (SSSR count). The number of para-hydroxylation sites is 1. The number of hydrogen-bond acceptors (Lipinski definition) is 5. The van der Waals surface area contributed by atoms with Crippen molar-refractivity contribution in [1.29, 1.82) is 0 Å². The second-order valence-corrected chi connectivity index (χ2v) is 4.91. The minimum Gasteiger partial charge on any atom is -0.451 e. The van der Waals surface area contributed by atoms with Gasteiger partial charge in [-0.25, -0.2) is 4.79 Å². The van der Waals surface area contributed by atoms with Crippen molar-refractivity contribution < 1.29 is 19.5 Å². The summed E-state index contributed by atoms with van der Waals surface area (Å²) in [5.41, 5.74) is 0.540. The van der Waals surface area contributed by atoms with Gasteiger partial charge in [0.05, 0.1) is 12.8 Å². The molecule has 0 fully saturated rings. The lowest BCUT2D eigenvalue weighted by atomic mass is 10.3. The Kier molecular flexibility index (Phi) is 5.11. The zero-order chi connectivity index (χ0) is 14.4. The summed E-state index contributed by atoms with van der Waals surface area (Å²) in [6, 6.07) is 12.5. The van der Waals surface area contributed by atoms with Gasteiger partial charge in [-0.2, -0.15) is 5.06 Å². The van der Waals surface area contributed by atoms with Crippen LogP contribution < -0.4 is 5.06 Å². The number of hydrogen-bond donors (Lipinski definition) is 1. The molecule has 2 aromatic rings. The number of carbonyl (C=O) groups is 1. The van der Waals surface area contributed by atoms with E-state index in [0.717, 1.165) is 9.94 Å². The van der Waals surface area contributed by atoms with Crippen LogP contribution in [0.15, 0.2) is 47.8 Å². The number of nitrogens with zero attached hydrogens (tertiary/aromatic N) is 1. The van der Waals surface area contributed by atoms with E-state index >= 15 is 0 Å². The highest BCUT2D eigenvalue weighted by Gasteiger charge is 2.19. The Morgan fingerprint density at radius 1 is 1.30 bits per heavy atom. The van der Waals surface area contributed by atoms with Gasteiger partial charge >= 0.3 is 6.09 Å². The number of amides is 1. The topological polar surface area (TPSA) is 59.0 Å². The molecule has 0 aliphatic rings. The number of thiophene rings is 1. The number of hydroxylamine groups is 1. The number of methoxy groups -OCH3 is 1. The Balaban J connectivity index is 2.04. The first-order chi connectivity index (χ1) is 9.72. The van der Waals surface area contributed by atoms with Crippen molar-refractivity contribution in [1.82, 2.24) is 0 Å². The maximum atomic E-state index is 11.7. The van der Waals surface area contributed by atoms with Crippen LogP contribution >= 0.6 is 11.3 Å². The van der Waals surface area contributed by atoms with Crippen LogP contribution in [0.1, 0.15) is 11.0 Å². The number of aliphatic hydroxyl groups is 1. The summed E-state index contributed by atoms with van der Waals surface area (Å²) < 4.78 is 4.67. The minimum absolute atomic E-state index is 0.0372. The summed E-state index contributed by atoms with van der Waals surface area (Å²) in [4.78, 5) is 17.9. The van der Waals surface area contributed by atoms with Gasteiger partial charge in [-0.15, -0.1) is 11.3 Å². The third-order valence-corrected chi connectivity index (χ3v) is 3.54. The average molecular weight is 293 g/mol. The highest BCUT2D eigenvalue weighted by molar-refractivity contribution is 7.10. The summed E-state index contributed by atoms with van der Waals surface area (Å²) in [6.45, 7) is -0.0372. The van der Waals surface area contributed by atoms with Gasteiger partial charge in [0.2, 0.25) is 0 Å². The molecular weight excluding hydrogens is 278 g/mol. The Morgan fingerprint density at radius 3 is 2.65 bits per heavy atom. The first-order valence-corrected chi connectivity index (χ1v) is 6.88. The lowest BCUT2D eigenvalue weighted by molar-refractivity contribution is 0.0227. The molecule has 1 N–H and O–H groups in total. The molecule has 0 aliphatic heterocycles. The molecule has 0 bridgehead atoms. The van der Waals surface area contributed by atoms with Crippen molar-refractivity contribution in [2.45, 2.75) is 6.10 Å². The van der Waals surface area contributed by atoms with Crippen molar-refractivity contribution in [2.75, 3.05) is 18.8 Å². The van der Waals surface area contributed by atoms with E-state index < -0.39 is 12.2 Å². The molecule has 0 spiro atoms. The summed E-state index contributed by atoms with van der Waals surface area (Å²) in [5, 5.41) is 12.9. The van der Waals surface area contributed by atoms with Crippen LogP contribution in [0.5, 0.6) is 0 Å². The van der Waals surface area contributed by atoms with Gasteiger partial charge in [0.1, 0.15) is 12.7 Å². The van der Waals surface area contributed by atoms with Crippen molar-refractivity contribution in [3.63, 3.8) is 0 Å². The van der Waals surface area contributed by atoms with Crippen molar-refractivity contribution >= 4 is 23.1 Å². The van der Waals surface area contributed by atoms with Gasteiger partial charge in [-0.3, -0.25) is 4.84 Å². The lowest BCUT2D eigenvalue weighted by Crippen LogP contribution is -2.32. The quantitative estimate of drug-likeness (QED) is 0.861. The molecule has 1 atom stereocenters. The van der Waals surface area contributed by atoms with Crippen LogP contribution in [0.25, 0.3) is 0 Å². The molecule has 0 saturated heterocycles. The molecule has 5 nitrogen and oxygen atoms in total. The highest BCUT2D eigenvalue weighted by Crippen LogP contribution is 2.21. The maximum absolute atomic E-state index is 11.7. The molecule has 0 aliphatic carbocycles. The molecule has 1 heterocycles. The Labute approximate surface area is 120 Å². The molecule has 1 aromatic heterocycles. The molecule has 1 aromatic carbocycles. The second-order valence-electron chi connectivity index (χ2n) is 3.93. The van der Waals surface area contributed by atoms with E-state index in [1.807, 2.05) is 23.6 Å². The summed E-state index contributed by atoms with van der Waals surface area (Å²) in [5.74, 6) is 0. The normalized spacial score (nSPS) is 11.9. The number of anilines is 1. The van der Waals surface area contributed by atoms with Crippen LogP contribution in [0.2, 0.25) is 0 Å². The number of carbonyl (C=O) groups excluding carboxylic acids is 1. The fraction of sp³-hybridized carbons (Fsp3) is 0.214. The smallest absolute Gasteiger partial charge is 0.438 e. The third kappa shape index (κ3) is 3.57. The predicted molar refractivity (Wildman–Crippen MR) is 76.6 cm³/mol. The first kappa shape index (κ1) is 14.5. The van der Waals surface area contributed by atoms with Gasteiger partial charge in [-0.1, -0.05) is 24.3 Å². The van der Waals surface area contributed by atoms with Crippen LogP contribution in [-0.4, -0.2) is 24.9 Å². The van der Waals surface area contributed by atoms with E-state index in [9.17, 15) is 9.90 Å². The standard InChI is InChI=1S/C14H15NO4S/c1-18-14(17)15(11-6-3-2-4-7-11)19-10-12(16)13-8-5-9-20-13/h2-9,12,16H,10H2,1H3. The Morgan fingerprint density at radius 2 is 2.05 bits per heavy atom. The predicted octanol–water partition coefficient (Wildman–Crippen LogP) is 2.99. The zero-order valence-electron chi connectivity index (χ0n) is 10.9. The molecule has 1 amide bonds. The molecule has 1 unspecified atom stereocenters. The maximum Gasteiger partial charge on any atom is 0.438 e. The van der Waals surface area contributed by atoms with Crippen molar-refractivity contribution in [2.24, 2.45) is 0 Å². The van der Waals surface area contributed by atoms with Gasteiger partial charge in [-0.05, 0) is 23.6 Å². The molecule has 6 heteroatoms. The van der Waals surface area contributed by atoms with Crippen molar-refractivity contribution in [3.05, 3.63) is 52.7 Å². The average Bonchev–Trinajstić information content (AvgIpc) is 3.02. The fourth-order valence-electron chi connectivity index (χ4n) is 1.59. The highest BCUT2D eigenvalue weighted by atomic mass is 32.1. The number of rotatable bonds is 5. The molecule has 106 valence electrons. The molecule has 0 radical (unpaired) electrons. The van der Waals surface area contributed by atoms with Crippen molar-refractivity contribution in [3.8, 4) is 0 Å². The van der Waals surface area contributed by atoms with E-state index in [1.165, 1.54) is 18.4 Å². The SMILES string of the molecule is COC(=O)N(OCC(O)c1cccs1)c1ccccc1. The summed E-state index contributed by atoms with van der Waals surface area (Å²) in [7, 11) is 1.28. The van der Waals surface area contributed by atoms with Gasteiger partial charge < -0.3 is 9.84 Å². The van der Waals surface area contributed by atoms with E-state index in [2.05, 4.69) is 4.74 Å².